The lowest BCUT2D eigenvalue weighted by molar-refractivity contribution is -0.192. The van der Waals surface area contributed by atoms with Gasteiger partial charge in [-0.1, -0.05) is 6.07 Å². The number of carbonyl (C=O) groups excluding carboxylic acids is 1. The molecule has 0 spiro atoms. The fraction of sp³-hybridized carbons (Fsp3) is 0.333. The number of hydrogen-bond acceptors (Lipinski definition) is 6. The highest BCUT2D eigenvalue weighted by Crippen LogP contribution is 2.20. The number of benzene rings is 1. The highest BCUT2D eigenvalue weighted by molar-refractivity contribution is 5.88. The van der Waals surface area contributed by atoms with Crippen LogP contribution in [0.2, 0.25) is 0 Å². The minimum absolute atomic E-state index is 0. The Morgan fingerprint density at radius 3 is 2.48 bits per heavy atom. The third kappa shape index (κ3) is 5.66. The number of carboxylic acids is 1. The van der Waals surface area contributed by atoms with Crippen LogP contribution in [-0.2, 0) is 16.1 Å². The number of rotatable bonds is 2. The largest absolute Gasteiger partial charge is 0.490 e. The second-order valence-corrected chi connectivity index (χ2v) is 5.57. The van der Waals surface area contributed by atoms with E-state index in [9.17, 15) is 18.0 Å². The number of nitrogens with two attached hydrogens (primary N) is 2. The van der Waals surface area contributed by atoms with Gasteiger partial charge in [-0.05, 0) is 24.1 Å². The number of anilines is 1. The van der Waals surface area contributed by atoms with Crippen molar-refractivity contribution in [1.29, 1.82) is 0 Å². The fourth-order valence-electron chi connectivity index (χ4n) is 2.36. The zero-order valence-electron chi connectivity index (χ0n) is 13.8. The summed E-state index contributed by atoms with van der Waals surface area (Å²) < 4.78 is 31.7. The van der Waals surface area contributed by atoms with Gasteiger partial charge in [-0.15, -0.1) is 12.4 Å². The van der Waals surface area contributed by atoms with Gasteiger partial charge in [-0.3, -0.25) is 4.79 Å². The highest BCUT2D eigenvalue weighted by Gasteiger charge is 2.38. The summed E-state index contributed by atoms with van der Waals surface area (Å²) in [5.74, 6) is -2.27. The molecule has 0 bridgehead atoms. The van der Waals surface area contributed by atoms with Gasteiger partial charge in [0.1, 0.15) is 12.1 Å². The van der Waals surface area contributed by atoms with E-state index in [1.807, 2.05) is 18.2 Å². The summed E-state index contributed by atoms with van der Waals surface area (Å²) in [5, 5.41) is 7.95. The van der Waals surface area contributed by atoms with Gasteiger partial charge in [0, 0.05) is 18.5 Å². The number of amides is 1. The van der Waals surface area contributed by atoms with E-state index in [1.165, 1.54) is 6.33 Å². The molecule has 2 aromatic rings. The SMILES string of the molecule is Cl.Nc1ncnc2cc(CN3CC[C@H](N)C3=O)ccc12.O=C(O)C(F)(F)F. The van der Waals surface area contributed by atoms with Crippen LogP contribution in [0.4, 0.5) is 19.0 Å². The van der Waals surface area contributed by atoms with Crippen molar-refractivity contribution in [3.8, 4) is 0 Å². The summed E-state index contributed by atoms with van der Waals surface area (Å²) >= 11 is 0. The van der Waals surface area contributed by atoms with E-state index in [2.05, 4.69) is 9.97 Å². The Hall–Kier alpha value is -2.66. The monoisotopic (exact) mass is 407 g/mol. The maximum absolute atomic E-state index is 11.8. The Kier molecular flexibility index (Phi) is 7.31. The second kappa shape index (κ2) is 8.82. The normalized spacial score (nSPS) is 16.5. The molecule has 0 unspecified atom stereocenters. The average Bonchev–Trinajstić information content (AvgIpc) is 2.87. The molecule has 0 radical (unpaired) electrons. The molecule has 1 fully saturated rings. The van der Waals surface area contributed by atoms with Crippen molar-refractivity contribution in [2.75, 3.05) is 12.3 Å². The van der Waals surface area contributed by atoms with Crippen molar-refractivity contribution < 1.29 is 27.9 Å². The van der Waals surface area contributed by atoms with E-state index in [4.69, 9.17) is 21.4 Å². The molecule has 1 atom stereocenters. The number of halogens is 4. The molecule has 148 valence electrons. The lowest BCUT2D eigenvalue weighted by atomic mass is 10.1. The Balaban J connectivity index is 0.000000395. The molecule has 2 heterocycles. The van der Waals surface area contributed by atoms with Crippen molar-refractivity contribution >= 4 is 41.0 Å². The van der Waals surface area contributed by atoms with Gasteiger partial charge in [0.15, 0.2) is 0 Å². The molecule has 5 N–H and O–H groups in total. The van der Waals surface area contributed by atoms with Gasteiger partial charge in [0.25, 0.3) is 0 Å². The molecule has 1 saturated heterocycles. The van der Waals surface area contributed by atoms with Gasteiger partial charge in [-0.25, -0.2) is 14.8 Å². The van der Waals surface area contributed by atoms with Crippen LogP contribution in [0.25, 0.3) is 10.9 Å². The summed E-state index contributed by atoms with van der Waals surface area (Å²) in [4.78, 5) is 30.6. The minimum atomic E-state index is -5.08. The first-order valence-electron chi connectivity index (χ1n) is 7.43. The summed E-state index contributed by atoms with van der Waals surface area (Å²) in [5.41, 5.74) is 13.3. The number of fused-ring (bicyclic) bond motifs is 1. The number of carboxylic acid groups (broad SMARTS) is 1. The van der Waals surface area contributed by atoms with E-state index in [-0.39, 0.29) is 24.4 Å². The summed E-state index contributed by atoms with van der Waals surface area (Å²) in [6, 6.07) is 5.42. The summed E-state index contributed by atoms with van der Waals surface area (Å²) in [6.45, 7) is 1.27. The van der Waals surface area contributed by atoms with Gasteiger partial charge in [-0.2, -0.15) is 13.2 Å². The van der Waals surface area contributed by atoms with Crippen molar-refractivity contribution in [3.05, 3.63) is 30.1 Å². The van der Waals surface area contributed by atoms with Crippen molar-refractivity contribution in [1.82, 2.24) is 14.9 Å². The Labute approximate surface area is 157 Å². The van der Waals surface area contributed by atoms with E-state index < -0.39 is 12.1 Å². The number of carbonyl (C=O) groups is 2. The van der Waals surface area contributed by atoms with Crippen LogP contribution in [0, 0.1) is 0 Å². The Morgan fingerprint density at radius 1 is 1.33 bits per heavy atom. The molecule has 8 nitrogen and oxygen atoms in total. The number of nitrogen functional groups attached to an aromatic ring is 1. The summed E-state index contributed by atoms with van der Waals surface area (Å²) in [6.07, 6.45) is -2.92. The van der Waals surface area contributed by atoms with Gasteiger partial charge >= 0.3 is 12.1 Å². The predicted octanol–water partition coefficient (Wildman–Crippen LogP) is 1.33. The minimum Gasteiger partial charge on any atom is -0.475 e. The zero-order valence-corrected chi connectivity index (χ0v) is 14.6. The molecule has 1 aromatic carbocycles. The van der Waals surface area contributed by atoms with Gasteiger partial charge in [0.05, 0.1) is 11.6 Å². The van der Waals surface area contributed by atoms with Crippen LogP contribution in [0.1, 0.15) is 12.0 Å². The number of aliphatic carboxylic acids is 1. The van der Waals surface area contributed by atoms with Crippen LogP contribution in [0.5, 0.6) is 0 Å². The maximum Gasteiger partial charge on any atom is 0.490 e. The predicted molar refractivity (Wildman–Crippen MR) is 92.9 cm³/mol. The first-order chi connectivity index (χ1) is 12.1. The van der Waals surface area contributed by atoms with Gasteiger partial charge < -0.3 is 21.5 Å². The van der Waals surface area contributed by atoms with E-state index >= 15 is 0 Å². The Bertz CT molecular complexity index is 834. The molecule has 27 heavy (non-hydrogen) atoms. The third-order valence-electron chi connectivity index (χ3n) is 3.69. The molecule has 1 aromatic heterocycles. The maximum atomic E-state index is 11.8. The number of likely N-dealkylation sites (tertiary alicyclic amines) is 1. The highest BCUT2D eigenvalue weighted by atomic mass is 35.5. The summed E-state index contributed by atoms with van der Waals surface area (Å²) in [7, 11) is 0. The van der Waals surface area contributed by atoms with Crippen LogP contribution in [0.15, 0.2) is 24.5 Å². The van der Waals surface area contributed by atoms with Crippen LogP contribution < -0.4 is 11.5 Å². The standard InChI is InChI=1S/C13H15N5O.C2HF3O2.ClH/c14-10-3-4-18(13(10)19)6-8-1-2-9-11(5-8)16-7-17-12(9)15;3-2(4,5)1(6)7;/h1-2,5,7,10H,3-4,6,14H2,(H2,15,16,17);(H,6,7);1H/t10-;;/m0../s1. The van der Waals surface area contributed by atoms with Crippen LogP contribution >= 0.6 is 12.4 Å². The van der Waals surface area contributed by atoms with E-state index in [0.717, 1.165) is 22.9 Å². The first-order valence-corrected chi connectivity index (χ1v) is 7.43. The van der Waals surface area contributed by atoms with Crippen LogP contribution in [-0.4, -0.2) is 50.6 Å². The van der Waals surface area contributed by atoms with Gasteiger partial charge in [0.2, 0.25) is 5.91 Å². The topological polar surface area (TPSA) is 135 Å². The molecule has 1 aliphatic heterocycles. The number of nitrogens with zero attached hydrogens (tertiary/aromatic N) is 3. The van der Waals surface area contributed by atoms with Crippen molar-refractivity contribution in [2.45, 2.75) is 25.2 Å². The molecular formula is C15H17ClF3N5O3. The smallest absolute Gasteiger partial charge is 0.475 e. The Morgan fingerprint density at radius 2 is 1.96 bits per heavy atom. The average molecular weight is 408 g/mol. The number of hydrogen-bond donors (Lipinski definition) is 3. The molecule has 12 heteroatoms. The number of alkyl halides is 3. The van der Waals surface area contributed by atoms with Crippen molar-refractivity contribution in [2.24, 2.45) is 5.73 Å². The molecule has 1 amide bonds. The molecule has 0 saturated carbocycles. The van der Waals surface area contributed by atoms with Crippen LogP contribution in [0.3, 0.4) is 0 Å². The number of aromatic nitrogens is 2. The quantitative estimate of drug-likeness (QED) is 0.683. The molecule has 3 rings (SSSR count). The van der Waals surface area contributed by atoms with E-state index in [1.54, 1.807) is 4.90 Å². The lowest BCUT2D eigenvalue weighted by Gasteiger charge is -2.16. The third-order valence-corrected chi connectivity index (χ3v) is 3.69. The second-order valence-electron chi connectivity index (χ2n) is 5.57. The molecular weight excluding hydrogens is 391 g/mol. The zero-order chi connectivity index (χ0) is 19.5. The van der Waals surface area contributed by atoms with Crippen molar-refractivity contribution in [3.63, 3.8) is 0 Å². The molecule has 0 aliphatic carbocycles. The molecule has 1 aliphatic rings. The van der Waals surface area contributed by atoms with E-state index in [0.29, 0.717) is 18.9 Å². The fourth-order valence-corrected chi connectivity index (χ4v) is 2.36. The lowest BCUT2D eigenvalue weighted by Crippen LogP contribution is -2.33. The first kappa shape index (κ1) is 22.4.